The van der Waals surface area contributed by atoms with E-state index in [2.05, 4.69) is 17.3 Å². The fourth-order valence-electron chi connectivity index (χ4n) is 2.07. The molecule has 3 N–H and O–H groups in total. The average Bonchev–Trinajstić information content (AvgIpc) is 3.16. The monoisotopic (exact) mass is 266 g/mol. The molecule has 0 radical (unpaired) electrons. The average molecular weight is 266 g/mol. The van der Waals surface area contributed by atoms with Crippen molar-refractivity contribution in [3.8, 4) is 0 Å². The standard InChI is InChI=1S/C14H26N4O/c1-3-8-18-14(13(15)11(2)17-18)16-7-4-9-19-10-12-5-6-12/h12,16H,3-10,15H2,1-2H3. The Morgan fingerprint density at radius 3 is 2.95 bits per heavy atom. The van der Waals surface area contributed by atoms with Crippen LogP contribution in [0.2, 0.25) is 0 Å². The molecular formula is C14H26N4O. The van der Waals surface area contributed by atoms with E-state index in [1.54, 1.807) is 0 Å². The number of aromatic nitrogens is 2. The van der Waals surface area contributed by atoms with Gasteiger partial charge in [-0.15, -0.1) is 0 Å². The Morgan fingerprint density at radius 2 is 2.26 bits per heavy atom. The molecule has 5 nitrogen and oxygen atoms in total. The van der Waals surface area contributed by atoms with E-state index in [9.17, 15) is 0 Å². The first-order chi connectivity index (χ1) is 9.22. The van der Waals surface area contributed by atoms with Gasteiger partial charge in [0.2, 0.25) is 0 Å². The highest BCUT2D eigenvalue weighted by Gasteiger charge is 2.20. The highest BCUT2D eigenvalue weighted by atomic mass is 16.5. The van der Waals surface area contributed by atoms with Crippen LogP contribution in [0.25, 0.3) is 0 Å². The summed E-state index contributed by atoms with van der Waals surface area (Å²) in [5.74, 6) is 1.80. The maximum atomic E-state index is 6.05. The number of hydrogen-bond donors (Lipinski definition) is 2. The molecule has 0 amide bonds. The number of hydrogen-bond acceptors (Lipinski definition) is 4. The SMILES string of the molecule is CCCn1nc(C)c(N)c1NCCCOCC1CC1. The van der Waals surface area contributed by atoms with Crippen LogP contribution >= 0.6 is 0 Å². The van der Waals surface area contributed by atoms with Gasteiger partial charge >= 0.3 is 0 Å². The molecule has 0 unspecified atom stereocenters. The highest BCUT2D eigenvalue weighted by Crippen LogP contribution is 2.28. The van der Waals surface area contributed by atoms with Gasteiger partial charge in [0.1, 0.15) is 5.82 Å². The quantitative estimate of drug-likeness (QED) is 0.674. The summed E-state index contributed by atoms with van der Waals surface area (Å²) in [4.78, 5) is 0. The van der Waals surface area contributed by atoms with Crippen molar-refractivity contribution in [2.45, 2.75) is 46.1 Å². The van der Waals surface area contributed by atoms with Crippen LogP contribution in [0, 0.1) is 12.8 Å². The molecule has 1 saturated carbocycles. The normalized spacial score (nSPS) is 14.8. The Hall–Kier alpha value is -1.23. The summed E-state index contributed by atoms with van der Waals surface area (Å²) in [6, 6.07) is 0. The molecule has 1 aromatic heterocycles. The molecule has 0 aromatic carbocycles. The van der Waals surface area contributed by atoms with Gasteiger partial charge in [-0.25, -0.2) is 4.68 Å². The number of rotatable bonds is 9. The predicted octanol–water partition coefficient (Wildman–Crippen LogP) is 2.41. The Bertz CT molecular complexity index is 398. The van der Waals surface area contributed by atoms with Crippen LogP contribution in [0.5, 0.6) is 0 Å². The Labute approximate surface area is 115 Å². The number of ether oxygens (including phenoxy) is 1. The van der Waals surface area contributed by atoms with Crippen LogP contribution in [-0.2, 0) is 11.3 Å². The molecule has 0 saturated heterocycles. The zero-order valence-corrected chi connectivity index (χ0v) is 12.1. The van der Waals surface area contributed by atoms with Gasteiger partial charge in [-0.05, 0) is 38.5 Å². The number of aryl methyl sites for hydroxylation is 2. The molecule has 1 aromatic rings. The van der Waals surface area contributed by atoms with Gasteiger partial charge in [0.25, 0.3) is 0 Å². The lowest BCUT2D eigenvalue weighted by Gasteiger charge is -2.10. The second kappa shape index (κ2) is 6.80. The van der Waals surface area contributed by atoms with Crippen LogP contribution < -0.4 is 11.1 Å². The molecule has 0 atom stereocenters. The molecule has 0 bridgehead atoms. The Kier molecular flexibility index (Phi) is 5.07. The van der Waals surface area contributed by atoms with Gasteiger partial charge in [0, 0.05) is 26.3 Å². The number of nitrogen functional groups attached to an aromatic ring is 1. The van der Waals surface area contributed by atoms with Crippen LogP contribution in [0.3, 0.4) is 0 Å². The minimum absolute atomic E-state index is 0.771. The molecular weight excluding hydrogens is 240 g/mol. The zero-order chi connectivity index (χ0) is 13.7. The van der Waals surface area contributed by atoms with Crippen LogP contribution in [0.4, 0.5) is 11.5 Å². The largest absolute Gasteiger partial charge is 0.394 e. The summed E-state index contributed by atoms with van der Waals surface area (Å²) < 4.78 is 7.58. The lowest BCUT2D eigenvalue weighted by Crippen LogP contribution is -2.12. The van der Waals surface area contributed by atoms with E-state index in [1.165, 1.54) is 12.8 Å². The first kappa shape index (κ1) is 14.2. The topological polar surface area (TPSA) is 65.1 Å². The van der Waals surface area contributed by atoms with Gasteiger partial charge in [0.15, 0.2) is 0 Å². The smallest absolute Gasteiger partial charge is 0.148 e. The third-order valence-corrected chi connectivity index (χ3v) is 3.42. The minimum Gasteiger partial charge on any atom is -0.394 e. The summed E-state index contributed by atoms with van der Waals surface area (Å²) in [6.07, 6.45) is 4.76. The minimum atomic E-state index is 0.771. The van der Waals surface area contributed by atoms with Crippen molar-refractivity contribution in [3.63, 3.8) is 0 Å². The zero-order valence-electron chi connectivity index (χ0n) is 12.1. The maximum absolute atomic E-state index is 6.05. The van der Waals surface area contributed by atoms with Crippen LogP contribution in [0.1, 0.15) is 38.3 Å². The molecule has 1 aliphatic carbocycles. The van der Waals surface area contributed by atoms with Crippen LogP contribution in [-0.4, -0.2) is 29.5 Å². The highest BCUT2D eigenvalue weighted by molar-refractivity contribution is 5.64. The van der Waals surface area contributed by atoms with E-state index in [1.807, 2.05) is 11.6 Å². The Morgan fingerprint density at radius 1 is 1.47 bits per heavy atom. The van der Waals surface area contributed by atoms with Gasteiger partial charge in [-0.2, -0.15) is 5.10 Å². The van der Waals surface area contributed by atoms with E-state index in [-0.39, 0.29) is 0 Å². The summed E-state index contributed by atoms with van der Waals surface area (Å²) in [7, 11) is 0. The molecule has 19 heavy (non-hydrogen) atoms. The molecule has 108 valence electrons. The summed E-state index contributed by atoms with van der Waals surface area (Å²) in [5, 5.41) is 7.83. The van der Waals surface area contributed by atoms with Gasteiger partial charge in [0.05, 0.1) is 11.4 Å². The van der Waals surface area contributed by atoms with Crippen LogP contribution in [0.15, 0.2) is 0 Å². The summed E-state index contributed by atoms with van der Waals surface area (Å²) in [5.41, 5.74) is 7.72. The molecule has 0 aliphatic heterocycles. The van der Waals surface area contributed by atoms with E-state index in [0.717, 1.165) is 62.3 Å². The maximum Gasteiger partial charge on any atom is 0.148 e. The van der Waals surface area contributed by atoms with Crippen molar-refractivity contribution in [3.05, 3.63) is 5.69 Å². The van der Waals surface area contributed by atoms with Crippen molar-refractivity contribution in [1.82, 2.24) is 9.78 Å². The second-order valence-electron chi connectivity index (χ2n) is 5.37. The molecule has 2 rings (SSSR count). The van der Waals surface area contributed by atoms with Crippen molar-refractivity contribution < 1.29 is 4.74 Å². The lowest BCUT2D eigenvalue weighted by molar-refractivity contribution is 0.124. The lowest BCUT2D eigenvalue weighted by atomic mass is 10.3. The molecule has 1 aliphatic rings. The van der Waals surface area contributed by atoms with Gasteiger partial charge in [-0.1, -0.05) is 6.92 Å². The van der Waals surface area contributed by atoms with Gasteiger partial charge in [-0.3, -0.25) is 0 Å². The van der Waals surface area contributed by atoms with E-state index < -0.39 is 0 Å². The van der Waals surface area contributed by atoms with E-state index in [4.69, 9.17) is 10.5 Å². The van der Waals surface area contributed by atoms with E-state index >= 15 is 0 Å². The van der Waals surface area contributed by atoms with Crippen molar-refractivity contribution >= 4 is 11.5 Å². The molecule has 5 heteroatoms. The van der Waals surface area contributed by atoms with Crippen molar-refractivity contribution in [2.75, 3.05) is 30.8 Å². The molecule has 1 fully saturated rings. The van der Waals surface area contributed by atoms with Crippen molar-refractivity contribution in [2.24, 2.45) is 5.92 Å². The molecule has 1 heterocycles. The first-order valence-corrected chi connectivity index (χ1v) is 7.36. The van der Waals surface area contributed by atoms with Crippen molar-refractivity contribution in [1.29, 1.82) is 0 Å². The second-order valence-corrected chi connectivity index (χ2v) is 5.37. The number of nitrogens with two attached hydrogens (primary N) is 1. The third-order valence-electron chi connectivity index (χ3n) is 3.42. The predicted molar refractivity (Wildman–Crippen MR) is 78.3 cm³/mol. The number of nitrogens with zero attached hydrogens (tertiary/aromatic N) is 2. The fourth-order valence-corrected chi connectivity index (χ4v) is 2.07. The summed E-state index contributed by atoms with van der Waals surface area (Å²) >= 11 is 0. The Balaban J connectivity index is 1.71. The third kappa shape index (κ3) is 4.13. The number of nitrogens with one attached hydrogen (secondary N) is 1. The fraction of sp³-hybridized carbons (Fsp3) is 0.786. The first-order valence-electron chi connectivity index (χ1n) is 7.36. The van der Waals surface area contributed by atoms with Gasteiger partial charge < -0.3 is 15.8 Å². The summed E-state index contributed by atoms with van der Waals surface area (Å²) in [6.45, 7) is 7.63. The van der Waals surface area contributed by atoms with E-state index in [0.29, 0.717) is 0 Å². The molecule has 0 spiro atoms. The number of anilines is 2.